The maximum Gasteiger partial charge on any atom is 0.273 e. The molecule has 0 spiro atoms. The Balaban J connectivity index is 1.87. The van der Waals surface area contributed by atoms with Gasteiger partial charge < -0.3 is 9.64 Å². The quantitative estimate of drug-likeness (QED) is 0.683. The van der Waals surface area contributed by atoms with Crippen molar-refractivity contribution in [2.75, 3.05) is 20.3 Å². The second-order valence-corrected chi connectivity index (χ2v) is 6.17. The molecule has 1 aromatic heterocycles. The van der Waals surface area contributed by atoms with Gasteiger partial charge in [0.05, 0.1) is 17.4 Å². The average molecular weight is 367 g/mol. The molecule has 3 aromatic rings. The Morgan fingerprint density at radius 2 is 1.70 bits per heavy atom. The fraction of sp³-hybridized carbons (Fsp3) is 0.250. The number of ether oxygens (including phenoxy) is 1. The van der Waals surface area contributed by atoms with Crippen molar-refractivity contribution in [3.05, 3.63) is 80.9 Å². The molecule has 140 valence electrons. The van der Waals surface area contributed by atoms with Crippen molar-refractivity contribution in [3.63, 3.8) is 0 Å². The molecule has 7 nitrogen and oxygen atoms in total. The van der Waals surface area contributed by atoms with Crippen molar-refractivity contribution < 1.29 is 9.53 Å². The molecule has 0 bridgehead atoms. The van der Waals surface area contributed by atoms with E-state index in [1.165, 1.54) is 0 Å². The van der Waals surface area contributed by atoms with Crippen LogP contribution in [0.2, 0.25) is 0 Å². The van der Waals surface area contributed by atoms with Crippen molar-refractivity contribution in [2.24, 2.45) is 0 Å². The third-order valence-corrected chi connectivity index (χ3v) is 4.31. The Bertz CT molecular complexity index is 1040. The highest BCUT2D eigenvalue weighted by Gasteiger charge is 2.16. The third-order valence-electron chi connectivity index (χ3n) is 4.31. The second-order valence-electron chi connectivity index (χ2n) is 6.17. The van der Waals surface area contributed by atoms with Gasteiger partial charge in [0.2, 0.25) is 5.91 Å². The zero-order chi connectivity index (χ0) is 19.2. The van der Waals surface area contributed by atoms with Gasteiger partial charge in [0.15, 0.2) is 0 Å². The Hall–Kier alpha value is -3.19. The summed E-state index contributed by atoms with van der Waals surface area (Å²) in [5, 5.41) is 3.10. The van der Waals surface area contributed by atoms with E-state index in [2.05, 4.69) is 5.10 Å². The van der Waals surface area contributed by atoms with Gasteiger partial charge in [0.1, 0.15) is 6.54 Å². The molecule has 1 N–H and O–H groups in total. The van der Waals surface area contributed by atoms with Crippen LogP contribution in [0.3, 0.4) is 0 Å². The largest absolute Gasteiger partial charge is 0.383 e. The lowest BCUT2D eigenvalue weighted by molar-refractivity contribution is -0.133. The molecule has 0 atom stereocenters. The summed E-state index contributed by atoms with van der Waals surface area (Å²) in [4.78, 5) is 39.2. The second kappa shape index (κ2) is 8.46. The number of amides is 1. The van der Waals surface area contributed by atoms with Crippen LogP contribution in [-0.2, 0) is 22.6 Å². The van der Waals surface area contributed by atoms with Crippen LogP contribution >= 0.6 is 0 Å². The van der Waals surface area contributed by atoms with Crippen molar-refractivity contribution in [1.29, 1.82) is 0 Å². The van der Waals surface area contributed by atoms with E-state index in [4.69, 9.17) is 4.74 Å². The Morgan fingerprint density at radius 1 is 1.04 bits per heavy atom. The maximum absolute atomic E-state index is 12.8. The van der Waals surface area contributed by atoms with E-state index in [-0.39, 0.29) is 12.5 Å². The lowest BCUT2D eigenvalue weighted by atomic mass is 10.2. The number of fused-ring (bicyclic) bond motifs is 1. The predicted molar refractivity (Wildman–Crippen MR) is 103 cm³/mol. The molecule has 1 heterocycles. The number of aromatic nitrogens is 2. The van der Waals surface area contributed by atoms with Gasteiger partial charge in [-0.05, 0) is 17.7 Å². The normalized spacial score (nSPS) is 10.9. The van der Waals surface area contributed by atoms with Gasteiger partial charge in [-0.3, -0.25) is 19.5 Å². The standard InChI is InChI=1S/C20H21N3O4/c1-27-12-11-22(13-15-7-3-2-4-8-15)18(24)14-23-20(26)17-10-6-5-9-16(17)19(25)21-23/h2-10H,11-14H2,1H3,(H,21,25). The Kier molecular flexibility index (Phi) is 5.83. The zero-order valence-corrected chi connectivity index (χ0v) is 15.1. The van der Waals surface area contributed by atoms with Gasteiger partial charge >= 0.3 is 0 Å². The monoisotopic (exact) mass is 367 g/mol. The number of carbonyl (C=O) groups is 1. The average Bonchev–Trinajstić information content (AvgIpc) is 2.70. The minimum atomic E-state index is -0.399. The van der Waals surface area contributed by atoms with E-state index in [1.54, 1.807) is 36.3 Å². The number of aromatic amines is 1. The first kappa shape index (κ1) is 18.6. The molecule has 27 heavy (non-hydrogen) atoms. The summed E-state index contributed by atoms with van der Waals surface area (Å²) < 4.78 is 6.16. The van der Waals surface area contributed by atoms with Crippen molar-refractivity contribution in [3.8, 4) is 0 Å². The van der Waals surface area contributed by atoms with Gasteiger partial charge in [-0.25, -0.2) is 4.68 Å². The van der Waals surface area contributed by atoms with E-state index < -0.39 is 11.1 Å². The lowest BCUT2D eigenvalue weighted by Crippen LogP contribution is -2.40. The first-order chi connectivity index (χ1) is 13.1. The maximum atomic E-state index is 12.8. The number of carbonyl (C=O) groups excluding carboxylic acids is 1. The van der Waals surface area contributed by atoms with Gasteiger partial charge in [-0.15, -0.1) is 0 Å². The van der Waals surface area contributed by atoms with Crippen LogP contribution in [0.1, 0.15) is 5.56 Å². The van der Waals surface area contributed by atoms with E-state index in [9.17, 15) is 14.4 Å². The molecule has 0 aliphatic carbocycles. The molecule has 0 saturated carbocycles. The molecule has 0 saturated heterocycles. The lowest BCUT2D eigenvalue weighted by Gasteiger charge is -2.23. The number of nitrogens with zero attached hydrogens (tertiary/aromatic N) is 2. The van der Waals surface area contributed by atoms with Crippen LogP contribution in [0.15, 0.2) is 64.2 Å². The molecule has 0 radical (unpaired) electrons. The summed E-state index contributed by atoms with van der Waals surface area (Å²) in [6.45, 7) is 0.920. The molecule has 0 aliphatic heterocycles. The van der Waals surface area contributed by atoms with Crippen molar-refractivity contribution >= 4 is 16.7 Å². The van der Waals surface area contributed by atoms with Gasteiger partial charge in [-0.1, -0.05) is 42.5 Å². The van der Waals surface area contributed by atoms with Crippen LogP contribution in [0.4, 0.5) is 0 Å². The highest BCUT2D eigenvalue weighted by molar-refractivity contribution is 5.81. The topological polar surface area (TPSA) is 84.4 Å². The number of methoxy groups -OCH3 is 1. The number of rotatable bonds is 7. The van der Waals surface area contributed by atoms with Crippen molar-refractivity contribution in [2.45, 2.75) is 13.1 Å². The first-order valence-electron chi connectivity index (χ1n) is 8.62. The molecule has 7 heteroatoms. The molecule has 1 amide bonds. The first-order valence-corrected chi connectivity index (χ1v) is 8.62. The highest BCUT2D eigenvalue weighted by atomic mass is 16.5. The highest BCUT2D eigenvalue weighted by Crippen LogP contribution is 2.06. The summed E-state index contributed by atoms with van der Waals surface area (Å²) in [6, 6.07) is 16.1. The smallest absolute Gasteiger partial charge is 0.273 e. The summed E-state index contributed by atoms with van der Waals surface area (Å²) in [5.74, 6) is -0.274. The van der Waals surface area contributed by atoms with Crippen LogP contribution < -0.4 is 11.1 Å². The summed E-state index contributed by atoms with van der Waals surface area (Å²) >= 11 is 0. The molecule has 0 unspecified atom stereocenters. The number of benzene rings is 2. The van der Waals surface area contributed by atoms with Crippen molar-refractivity contribution in [1.82, 2.24) is 14.7 Å². The molecular formula is C20H21N3O4. The Morgan fingerprint density at radius 3 is 2.41 bits per heavy atom. The van der Waals surface area contributed by atoms with Gasteiger partial charge in [0.25, 0.3) is 11.1 Å². The van der Waals surface area contributed by atoms with Crippen LogP contribution in [0.5, 0.6) is 0 Å². The summed E-state index contributed by atoms with van der Waals surface area (Å²) in [6.07, 6.45) is 0. The van der Waals surface area contributed by atoms with Gasteiger partial charge in [-0.2, -0.15) is 0 Å². The SMILES string of the molecule is COCCN(Cc1ccccc1)C(=O)Cn1[nH]c(=O)c2ccccc2c1=O. The number of hydrogen-bond donors (Lipinski definition) is 1. The number of nitrogens with one attached hydrogen (secondary N) is 1. The minimum Gasteiger partial charge on any atom is -0.383 e. The molecule has 3 rings (SSSR count). The van der Waals surface area contributed by atoms with Crippen LogP contribution in [0, 0.1) is 0 Å². The predicted octanol–water partition coefficient (Wildman–Crippen LogP) is 1.36. The van der Waals surface area contributed by atoms with Crippen LogP contribution in [-0.4, -0.2) is 40.8 Å². The Labute approximate surface area is 155 Å². The van der Waals surface area contributed by atoms with E-state index >= 15 is 0 Å². The number of H-pyrrole nitrogens is 1. The minimum absolute atomic E-state index is 0.241. The zero-order valence-electron chi connectivity index (χ0n) is 15.1. The fourth-order valence-corrected chi connectivity index (χ4v) is 2.89. The number of hydrogen-bond acceptors (Lipinski definition) is 4. The van der Waals surface area contributed by atoms with Crippen LogP contribution in [0.25, 0.3) is 10.8 Å². The molecule has 0 aliphatic rings. The molecule has 0 fully saturated rings. The summed E-state index contributed by atoms with van der Waals surface area (Å²) in [7, 11) is 1.57. The summed E-state index contributed by atoms with van der Waals surface area (Å²) in [5.41, 5.74) is 0.177. The molecular weight excluding hydrogens is 346 g/mol. The fourth-order valence-electron chi connectivity index (χ4n) is 2.89. The van der Waals surface area contributed by atoms with E-state index in [1.807, 2.05) is 30.3 Å². The molecule has 2 aromatic carbocycles. The van der Waals surface area contributed by atoms with Gasteiger partial charge in [0, 0.05) is 20.2 Å². The third kappa shape index (κ3) is 4.32. The van der Waals surface area contributed by atoms with E-state index in [0.29, 0.717) is 30.5 Å². The van der Waals surface area contributed by atoms with E-state index in [0.717, 1.165) is 10.2 Å².